The van der Waals surface area contributed by atoms with Gasteiger partial charge in [0.05, 0.1) is 23.2 Å². The fourth-order valence-corrected chi connectivity index (χ4v) is 3.14. The molecule has 128 valence electrons. The molecule has 1 aliphatic carbocycles. The standard InChI is InChI=1S/C19H16F2N2O2/c20-13-3-1-12(2-4-13)17-9-18(19(25)10-16(24)11-19)22-23(17)15-7-5-14(21)6-8-15/h1-9,16,24-25H,10-11H2. The topological polar surface area (TPSA) is 58.3 Å². The minimum Gasteiger partial charge on any atom is -0.393 e. The van der Waals surface area contributed by atoms with E-state index in [9.17, 15) is 19.0 Å². The zero-order valence-corrected chi connectivity index (χ0v) is 13.2. The molecule has 6 heteroatoms. The van der Waals surface area contributed by atoms with Gasteiger partial charge in [0.25, 0.3) is 0 Å². The van der Waals surface area contributed by atoms with E-state index in [0.29, 0.717) is 22.6 Å². The van der Waals surface area contributed by atoms with Gasteiger partial charge in [-0.15, -0.1) is 0 Å². The summed E-state index contributed by atoms with van der Waals surface area (Å²) in [6.45, 7) is 0. The minimum absolute atomic E-state index is 0.219. The van der Waals surface area contributed by atoms with Crippen LogP contribution in [0.5, 0.6) is 0 Å². The molecule has 0 amide bonds. The van der Waals surface area contributed by atoms with Crippen LogP contribution in [0.4, 0.5) is 8.78 Å². The highest BCUT2D eigenvalue weighted by atomic mass is 19.1. The van der Waals surface area contributed by atoms with Crippen molar-refractivity contribution in [3.8, 4) is 16.9 Å². The third-order valence-corrected chi connectivity index (χ3v) is 4.54. The number of aromatic nitrogens is 2. The van der Waals surface area contributed by atoms with Gasteiger partial charge in [-0.05, 0) is 54.6 Å². The van der Waals surface area contributed by atoms with E-state index in [1.165, 1.54) is 24.3 Å². The fourth-order valence-electron chi connectivity index (χ4n) is 3.14. The minimum atomic E-state index is -1.18. The first-order valence-electron chi connectivity index (χ1n) is 7.97. The van der Waals surface area contributed by atoms with Crippen molar-refractivity contribution < 1.29 is 19.0 Å². The summed E-state index contributed by atoms with van der Waals surface area (Å²) in [5, 5.41) is 24.6. The van der Waals surface area contributed by atoms with E-state index < -0.39 is 11.7 Å². The Kier molecular flexibility index (Phi) is 3.67. The molecule has 25 heavy (non-hydrogen) atoms. The van der Waals surface area contributed by atoms with Gasteiger partial charge in [-0.2, -0.15) is 5.10 Å². The van der Waals surface area contributed by atoms with Crippen LogP contribution in [-0.4, -0.2) is 26.1 Å². The number of aliphatic hydroxyl groups excluding tert-OH is 1. The van der Waals surface area contributed by atoms with Gasteiger partial charge in [-0.3, -0.25) is 0 Å². The molecule has 1 aliphatic rings. The van der Waals surface area contributed by atoms with Gasteiger partial charge in [0.1, 0.15) is 17.2 Å². The zero-order valence-electron chi connectivity index (χ0n) is 13.2. The van der Waals surface area contributed by atoms with Gasteiger partial charge in [0, 0.05) is 18.4 Å². The highest BCUT2D eigenvalue weighted by Gasteiger charge is 2.45. The van der Waals surface area contributed by atoms with Crippen LogP contribution in [0, 0.1) is 11.6 Å². The van der Waals surface area contributed by atoms with Crippen LogP contribution in [0.25, 0.3) is 16.9 Å². The Balaban J connectivity index is 1.84. The molecule has 0 radical (unpaired) electrons. The second-order valence-electron chi connectivity index (χ2n) is 6.40. The maximum Gasteiger partial charge on any atom is 0.123 e. The fraction of sp³-hybridized carbons (Fsp3) is 0.211. The summed E-state index contributed by atoms with van der Waals surface area (Å²) >= 11 is 0. The van der Waals surface area contributed by atoms with Gasteiger partial charge in [-0.1, -0.05) is 0 Å². The Bertz CT molecular complexity index is 835. The van der Waals surface area contributed by atoms with Crippen LogP contribution in [0.15, 0.2) is 54.6 Å². The van der Waals surface area contributed by atoms with Crippen molar-refractivity contribution in [2.75, 3.05) is 0 Å². The summed E-state index contributed by atoms with van der Waals surface area (Å²) in [6.07, 6.45) is -0.109. The molecule has 4 rings (SSSR count). The number of aliphatic hydroxyl groups is 2. The number of halogens is 2. The lowest BCUT2D eigenvalue weighted by Crippen LogP contribution is -2.44. The van der Waals surface area contributed by atoms with Crippen LogP contribution in [0.2, 0.25) is 0 Å². The van der Waals surface area contributed by atoms with Crippen LogP contribution in [0.3, 0.4) is 0 Å². The summed E-state index contributed by atoms with van der Waals surface area (Å²) in [7, 11) is 0. The van der Waals surface area contributed by atoms with Crippen LogP contribution >= 0.6 is 0 Å². The number of hydrogen-bond donors (Lipinski definition) is 2. The van der Waals surface area contributed by atoms with Crippen molar-refractivity contribution in [3.05, 3.63) is 71.9 Å². The van der Waals surface area contributed by atoms with Gasteiger partial charge in [-0.25, -0.2) is 13.5 Å². The molecule has 4 nitrogen and oxygen atoms in total. The Morgan fingerprint density at radius 3 is 2.08 bits per heavy atom. The second-order valence-corrected chi connectivity index (χ2v) is 6.40. The maximum atomic E-state index is 13.2. The van der Waals surface area contributed by atoms with Gasteiger partial charge in [0.2, 0.25) is 0 Å². The highest BCUT2D eigenvalue weighted by molar-refractivity contribution is 5.63. The number of hydrogen-bond acceptors (Lipinski definition) is 3. The Morgan fingerprint density at radius 2 is 1.52 bits per heavy atom. The zero-order chi connectivity index (χ0) is 17.6. The van der Waals surface area contributed by atoms with E-state index in [1.807, 2.05) is 0 Å². The Labute approximate surface area is 143 Å². The van der Waals surface area contributed by atoms with Gasteiger partial charge >= 0.3 is 0 Å². The first-order valence-corrected chi connectivity index (χ1v) is 7.97. The molecule has 0 saturated heterocycles. The summed E-state index contributed by atoms with van der Waals surface area (Å²) in [4.78, 5) is 0. The summed E-state index contributed by atoms with van der Waals surface area (Å²) in [5.74, 6) is -0.710. The van der Waals surface area contributed by atoms with E-state index in [-0.39, 0.29) is 24.5 Å². The van der Waals surface area contributed by atoms with Crippen LogP contribution < -0.4 is 0 Å². The summed E-state index contributed by atoms with van der Waals surface area (Å²) < 4.78 is 28.1. The SMILES string of the molecule is OC1CC(O)(c2cc(-c3ccc(F)cc3)n(-c3ccc(F)cc3)n2)C1. The molecule has 1 heterocycles. The van der Waals surface area contributed by atoms with Gasteiger partial charge in [0.15, 0.2) is 0 Å². The van der Waals surface area contributed by atoms with E-state index >= 15 is 0 Å². The number of benzene rings is 2. The quantitative estimate of drug-likeness (QED) is 0.769. The van der Waals surface area contributed by atoms with Crippen molar-refractivity contribution in [1.29, 1.82) is 0 Å². The second kappa shape index (κ2) is 5.75. The van der Waals surface area contributed by atoms with E-state index in [2.05, 4.69) is 5.10 Å². The summed E-state index contributed by atoms with van der Waals surface area (Å²) in [6, 6.07) is 13.5. The van der Waals surface area contributed by atoms with Crippen LogP contribution in [-0.2, 0) is 5.60 Å². The highest BCUT2D eigenvalue weighted by Crippen LogP contribution is 2.42. The largest absolute Gasteiger partial charge is 0.393 e. The molecule has 0 unspecified atom stereocenters. The average Bonchev–Trinajstić information content (AvgIpc) is 3.01. The molecule has 0 spiro atoms. The first-order chi connectivity index (χ1) is 11.9. The van der Waals surface area contributed by atoms with Gasteiger partial charge < -0.3 is 10.2 Å². The lowest BCUT2D eigenvalue weighted by Gasteiger charge is -2.39. The smallest absolute Gasteiger partial charge is 0.123 e. The molecule has 2 N–H and O–H groups in total. The third kappa shape index (κ3) is 2.83. The first kappa shape index (κ1) is 15.9. The molecule has 1 saturated carbocycles. The average molecular weight is 342 g/mol. The molecule has 0 atom stereocenters. The summed E-state index contributed by atoms with van der Waals surface area (Å²) in [5.41, 5.74) is 1.24. The predicted molar refractivity (Wildman–Crippen MR) is 88.1 cm³/mol. The Morgan fingerprint density at radius 1 is 0.960 bits per heavy atom. The third-order valence-electron chi connectivity index (χ3n) is 4.54. The van der Waals surface area contributed by atoms with Crippen molar-refractivity contribution in [2.24, 2.45) is 0 Å². The van der Waals surface area contributed by atoms with E-state index in [0.717, 1.165) is 0 Å². The monoisotopic (exact) mass is 342 g/mol. The maximum absolute atomic E-state index is 13.2. The van der Waals surface area contributed by atoms with Crippen molar-refractivity contribution in [3.63, 3.8) is 0 Å². The Hall–Kier alpha value is -2.57. The molecule has 2 aromatic carbocycles. The molecule has 1 aromatic heterocycles. The van der Waals surface area contributed by atoms with E-state index in [4.69, 9.17) is 0 Å². The normalized spacial score (nSPS) is 22.6. The lowest BCUT2D eigenvalue weighted by atomic mass is 9.75. The molecule has 1 fully saturated rings. The molecular weight excluding hydrogens is 326 g/mol. The number of nitrogens with zero attached hydrogens (tertiary/aromatic N) is 2. The van der Waals surface area contributed by atoms with Crippen LogP contribution in [0.1, 0.15) is 18.5 Å². The van der Waals surface area contributed by atoms with Crippen molar-refractivity contribution >= 4 is 0 Å². The lowest BCUT2D eigenvalue weighted by molar-refractivity contribution is -0.122. The van der Waals surface area contributed by atoms with E-state index in [1.54, 1.807) is 35.0 Å². The van der Waals surface area contributed by atoms with Crippen molar-refractivity contribution in [2.45, 2.75) is 24.5 Å². The molecule has 0 bridgehead atoms. The molecule has 3 aromatic rings. The number of rotatable bonds is 3. The van der Waals surface area contributed by atoms with Crippen molar-refractivity contribution in [1.82, 2.24) is 9.78 Å². The molecule has 0 aliphatic heterocycles. The molecular formula is C19H16F2N2O2. The predicted octanol–water partition coefficient (Wildman–Crippen LogP) is 3.16.